The van der Waals surface area contributed by atoms with E-state index in [1.807, 2.05) is 0 Å². The molecule has 0 atom stereocenters. The molecule has 1 N–H and O–H groups in total. The number of carbonyl (C=O) groups is 2. The number of rotatable bonds is 2. The zero-order valence-electron chi connectivity index (χ0n) is 8.11. The second-order valence-electron chi connectivity index (χ2n) is 2.94. The van der Waals surface area contributed by atoms with Gasteiger partial charge in [0.1, 0.15) is 17.4 Å². The number of allylic oxidation sites excluding steroid dienone is 3. The number of aliphatic hydroxyl groups is 1. The summed E-state index contributed by atoms with van der Waals surface area (Å²) in [5.41, 5.74) is -0.272. The number of nitrogens with zero attached hydrogens (tertiary/aromatic N) is 1. The standard InChI is InChI=1S/C10H9NO4/c1-15-10(14)6(5-11)4-7-8(12)2-3-9(7)13/h4,12H,2-3H2,1H3/b6-4+. The van der Waals surface area contributed by atoms with Gasteiger partial charge in [0.05, 0.1) is 12.7 Å². The molecule has 0 aromatic rings. The number of aliphatic hydroxyl groups excluding tert-OH is 1. The normalized spacial score (nSPS) is 16.5. The summed E-state index contributed by atoms with van der Waals surface area (Å²) in [6.07, 6.45) is 1.53. The van der Waals surface area contributed by atoms with Crippen molar-refractivity contribution in [1.29, 1.82) is 5.26 Å². The van der Waals surface area contributed by atoms with Gasteiger partial charge < -0.3 is 9.84 Å². The van der Waals surface area contributed by atoms with Crippen molar-refractivity contribution in [2.24, 2.45) is 0 Å². The summed E-state index contributed by atoms with van der Waals surface area (Å²) in [6, 6.07) is 1.61. The van der Waals surface area contributed by atoms with Gasteiger partial charge in [-0.2, -0.15) is 5.26 Å². The number of hydrogen-bond acceptors (Lipinski definition) is 5. The maximum Gasteiger partial charge on any atom is 0.348 e. The van der Waals surface area contributed by atoms with Crippen LogP contribution in [0, 0.1) is 11.3 Å². The minimum absolute atomic E-state index is 0.0250. The van der Waals surface area contributed by atoms with E-state index in [2.05, 4.69) is 4.74 Å². The van der Waals surface area contributed by atoms with Gasteiger partial charge in [-0.15, -0.1) is 0 Å². The van der Waals surface area contributed by atoms with Crippen molar-refractivity contribution in [3.63, 3.8) is 0 Å². The topological polar surface area (TPSA) is 87.4 Å². The van der Waals surface area contributed by atoms with Crippen LogP contribution in [0.5, 0.6) is 0 Å². The largest absolute Gasteiger partial charge is 0.512 e. The van der Waals surface area contributed by atoms with E-state index in [4.69, 9.17) is 5.26 Å². The molecule has 15 heavy (non-hydrogen) atoms. The Morgan fingerprint density at radius 3 is 2.67 bits per heavy atom. The highest BCUT2D eigenvalue weighted by Gasteiger charge is 2.22. The first-order chi connectivity index (χ1) is 7.10. The fourth-order valence-electron chi connectivity index (χ4n) is 1.22. The number of carbonyl (C=O) groups excluding carboxylic acids is 2. The lowest BCUT2D eigenvalue weighted by Crippen LogP contribution is -2.05. The molecule has 0 aromatic heterocycles. The predicted molar refractivity (Wildman–Crippen MR) is 49.6 cm³/mol. The molecule has 5 nitrogen and oxygen atoms in total. The van der Waals surface area contributed by atoms with E-state index < -0.39 is 5.97 Å². The Morgan fingerprint density at radius 1 is 1.60 bits per heavy atom. The van der Waals surface area contributed by atoms with E-state index in [0.717, 1.165) is 13.2 Å². The van der Waals surface area contributed by atoms with Crippen LogP contribution in [-0.2, 0) is 14.3 Å². The molecule has 78 valence electrons. The summed E-state index contributed by atoms with van der Waals surface area (Å²) in [6.45, 7) is 0. The smallest absolute Gasteiger partial charge is 0.348 e. The molecule has 0 saturated carbocycles. The van der Waals surface area contributed by atoms with Gasteiger partial charge in [-0.05, 0) is 6.08 Å². The van der Waals surface area contributed by atoms with E-state index in [1.54, 1.807) is 6.07 Å². The minimum atomic E-state index is -0.822. The number of hydrogen-bond donors (Lipinski definition) is 1. The molecular weight excluding hydrogens is 198 g/mol. The first-order valence-electron chi connectivity index (χ1n) is 4.25. The molecule has 0 bridgehead atoms. The second kappa shape index (κ2) is 4.42. The highest BCUT2D eigenvalue weighted by molar-refractivity contribution is 6.03. The third kappa shape index (κ3) is 2.23. The highest BCUT2D eigenvalue weighted by atomic mass is 16.5. The monoisotopic (exact) mass is 207 g/mol. The Kier molecular flexibility index (Phi) is 3.24. The Hall–Kier alpha value is -2.09. The molecule has 0 radical (unpaired) electrons. The van der Waals surface area contributed by atoms with Crippen LogP contribution >= 0.6 is 0 Å². The van der Waals surface area contributed by atoms with Crippen molar-refractivity contribution in [1.82, 2.24) is 0 Å². The van der Waals surface area contributed by atoms with Gasteiger partial charge in [-0.1, -0.05) is 0 Å². The molecule has 0 unspecified atom stereocenters. The molecule has 1 aliphatic rings. The number of esters is 1. The lowest BCUT2D eigenvalue weighted by atomic mass is 10.1. The van der Waals surface area contributed by atoms with Crippen LogP contribution in [0.15, 0.2) is 23.0 Å². The molecule has 0 fully saturated rings. The summed E-state index contributed by atoms with van der Waals surface area (Å²) < 4.78 is 4.34. The lowest BCUT2D eigenvalue weighted by Gasteiger charge is -1.97. The number of nitriles is 1. The number of methoxy groups -OCH3 is 1. The summed E-state index contributed by atoms with van der Waals surface area (Å²) in [7, 11) is 1.14. The van der Waals surface area contributed by atoms with E-state index in [0.29, 0.717) is 0 Å². The van der Waals surface area contributed by atoms with Gasteiger partial charge in [0, 0.05) is 12.8 Å². The number of ketones is 1. The third-order valence-electron chi connectivity index (χ3n) is 2.01. The van der Waals surface area contributed by atoms with Crippen molar-refractivity contribution < 1.29 is 19.4 Å². The van der Waals surface area contributed by atoms with E-state index in [-0.39, 0.29) is 35.5 Å². The third-order valence-corrected chi connectivity index (χ3v) is 2.01. The van der Waals surface area contributed by atoms with E-state index in [1.165, 1.54) is 0 Å². The Labute approximate surface area is 86.3 Å². The Morgan fingerprint density at radius 2 is 2.27 bits per heavy atom. The highest BCUT2D eigenvalue weighted by Crippen LogP contribution is 2.22. The molecule has 0 amide bonds. The molecular formula is C10H9NO4. The van der Waals surface area contributed by atoms with Crippen LogP contribution in [0.4, 0.5) is 0 Å². The summed E-state index contributed by atoms with van der Waals surface area (Å²) >= 11 is 0. The average molecular weight is 207 g/mol. The second-order valence-corrected chi connectivity index (χ2v) is 2.94. The van der Waals surface area contributed by atoms with Gasteiger partial charge in [0.25, 0.3) is 0 Å². The quantitative estimate of drug-likeness (QED) is 0.410. The van der Waals surface area contributed by atoms with Gasteiger partial charge >= 0.3 is 5.97 Å². The molecule has 0 aliphatic heterocycles. The summed E-state index contributed by atoms with van der Waals surface area (Å²) in [5, 5.41) is 17.9. The van der Waals surface area contributed by atoms with Crippen LogP contribution in [0.3, 0.4) is 0 Å². The fraction of sp³-hybridized carbons (Fsp3) is 0.300. The predicted octanol–water partition coefficient (Wildman–Crippen LogP) is 0.784. The summed E-state index contributed by atoms with van der Waals surface area (Å²) in [5.74, 6) is -1.18. The van der Waals surface area contributed by atoms with Crippen LogP contribution in [0.25, 0.3) is 0 Å². The van der Waals surface area contributed by atoms with Gasteiger partial charge in [0.15, 0.2) is 5.78 Å². The summed E-state index contributed by atoms with van der Waals surface area (Å²) in [4.78, 5) is 22.2. The van der Waals surface area contributed by atoms with Crippen LogP contribution < -0.4 is 0 Å². The zero-order valence-corrected chi connectivity index (χ0v) is 8.11. The van der Waals surface area contributed by atoms with Crippen molar-refractivity contribution in [3.8, 4) is 6.07 Å². The minimum Gasteiger partial charge on any atom is -0.512 e. The average Bonchev–Trinajstić information content (AvgIpc) is 2.55. The molecule has 5 heteroatoms. The lowest BCUT2D eigenvalue weighted by molar-refractivity contribution is -0.135. The molecule has 0 spiro atoms. The number of Topliss-reactive ketones (excluding diaryl/α,β-unsaturated/α-hetero) is 1. The van der Waals surface area contributed by atoms with Crippen molar-refractivity contribution in [2.75, 3.05) is 7.11 Å². The van der Waals surface area contributed by atoms with Crippen LogP contribution in [0.1, 0.15) is 12.8 Å². The number of ether oxygens (including phenoxy) is 1. The first kappa shape index (κ1) is 11.0. The molecule has 1 rings (SSSR count). The fourth-order valence-corrected chi connectivity index (χ4v) is 1.22. The maximum atomic E-state index is 11.2. The molecule has 1 aliphatic carbocycles. The zero-order chi connectivity index (χ0) is 11.4. The van der Waals surface area contributed by atoms with Crippen molar-refractivity contribution >= 4 is 11.8 Å². The maximum absolute atomic E-state index is 11.2. The van der Waals surface area contributed by atoms with E-state index in [9.17, 15) is 14.7 Å². The van der Waals surface area contributed by atoms with Crippen LogP contribution in [-0.4, -0.2) is 24.0 Å². The van der Waals surface area contributed by atoms with Crippen molar-refractivity contribution in [3.05, 3.63) is 23.0 Å². The molecule has 0 heterocycles. The Bertz CT molecular complexity index is 412. The van der Waals surface area contributed by atoms with Gasteiger partial charge in [-0.3, -0.25) is 4.79 Å². The van der Waals surface area contributed by atoms with Crippen molar-refractivity contribution in [2.45, 2.75) is 12.8 Å². The van der Waals surface area contributed by atoms with Gasteiger partial charge in [0.2, 0.25) is 0 Å². The molecule has 0 aromatic carbocycles. The van der Waals surface area contributed by atoms with E-state index >= 15 is 0 Å². The van der Waals surface area contributed by atoms with Gasteiger partial charge in [-0.25, -0.2) is 4.79 Å². The Balaban J connectivity index is 3.05. The SMILES string of the molecule is COC(=O)/C(C#N)=C/C1=C(O)CCC1=O. The first-order valence-corrected chi connectivity index (χ1v) is 4.25. The molecule has 0 saturated heterocycles. The van der Waals surface area contributed by atoms with Crippen LogP contribution in [0.2, 0.25) is 0 Å².